The zero-order chi connectivity index (χ0) is 24.4. The second kappa shape index (κ2) is 10.0. The molecule has 0 aromatic heterocycles. The van der Waals surface area contributed by atoms with Gasteiger partial charge in [-0.25, -0.2) is 14.5 Å². The lowest BCUT2D eigenvalue weighted by molar-refractivity contribution is -0.145. The topological polar surface area (TPSA) is 120 Å². The second-order valence-electron chi connectivity index (χ2n) is 6.90. The zero-order valence-corrected chi connectivity index (χ0v) is 21.3. The molecular formula is C22H16BrIN2O8. The Labute approximate surface area is 215 Å². The van der Waals surface area contributed by atoms with Crippen molar-refractivity contribution >= 4 is 74.1 Å². The molecule has 2 heterocycles. The molecule has 2 aromatic rings. The fourth-order valence-electron chi connectivity index (χ4n) is 3.22. The van der Waals surface area contributed by atoms with Crippen molar-refractivity contribution < 1.29 is 38.1 Å². The summed E-state index contributed by atoms with van der Waals surface area (Å²) in [6, 6.07) is 7.00. The Morgan fingerprint density at radius 1 is 1.21 bits per heavy atom. The molecule has 1 N–H and O–H groups in total. The standard InChI is InChI=1S/C22H16BrIN2O8/c1-2-31-18(27)9-32-19-14(23)6-11(7-15(19)24)5-13-20(28)25-22(30)26(21(13)29)12-3-4-16-17(8-12)34-10-33-16/h3-8H,2,9-10H2,1H3,(H,25,28,30)/b13-5+. The lowest BCUT2D eigenvalue weighted by atomic mass is 10.1. The molecule has 12 heteroatoms. The number of benzene rings is 2. The minimum absolute atomic E-state index is 0.0373. The molecule has 2 aliphatic heterocycles. The maximum absolute atomic E-state index is 13.1. The van der Waals surface area contributed by atoms with Crippen LogP contribution in [0.5, 0.6) is 17.2 Å². The van der Waals surface area contributed by atoms with Crippen LogP contribution in [0.2, 0.25) is 0 Å². The van der Waals surface area contributed by atoms with E-state index in [2.05, 4.69) is 21.2 Å². The Morgan fingerprint density at radius 2 is 1.97 bits per heavy atom. The third-order valence-corrected chi connectivity index (χ3v) is 6.08. The quantitative estimate of drug-likeness (QED) is 0.220. The monoisotopic (exact) mass is 642 g/mol. The number of anilines is 1. The van der Waals surface area contributed by atoms with Gasteiger partial charge in [-0.1, -0.05) is 0 Å². The van der Waals surface area contributed by atoms with E-state index >= 15 is 0 Å². The molecule has 0 bridgehead atoms. The van der Waals surface area contributed by atoms with Crippen LogP contribution >= 0.6 is 38.5 Å². The van der Waals surface area contributed by atoms with E-state index in [0.29, 0.717) is 30.9 Å². The maximum atomic E-state index is 13.1. The summed E-state index contributed by atoms with van der Waals surface area (Å²) in [5.41, 5.74) is 0.488. The molecule has 0 spiro atoms. The third-order valence-electron chi connectivity index (χ3n) is 4.69. The van der Waals surface area contributed by atoms with Crippen LogP contribution in [-0.4, -0.2) is 43.8 Å². The molecule has 176 valence electrons. The molecule has 4 amide bonds. The summed E-state index contributed by atoms with van der Waals surface area (Å²) in [5, 5.41) is 2.18. The Kier molecular flexibility index (Phi) is 7.07. The second-order valence-corrected chi connectivity index (χ2v) is 8.92. The number of urea groups is 1. The first-order chi connectivity index (χ1) is 16.3. The Hall–Kier alpha value is -3.13. The highest BCUT2D eigenvalue weighted by Crippen LogP contribution is 2.37. The molecule has 0 radical (unpaired) electrons. The molecule has 0 saturated carbocycles. The Bertz CT molecular complexity index is 1220. The van der Waals surface area contributed by atoms with E-state index in [1.807, 2.05) is 22.6 Å². The normalized spacial score (nSPS) is 16.0. The van der Waals surface area contributed by atoms with Crippen LogP contribution in [0.15, 0.2) is 40.4 Å². The van der Waals surface area contributed by atoms with Gasteiger partial charge < -0.3 is 18.9 Å². The van der Waals surface area contributed by atoms with Crippen LogP contribution in [0.25, 0.3) is 6.08 Å². The summed E-state index contributed by atoms with van der Waals surface area (Å²) in [4.78, 5) is 50.5. The molecule has 0 atom stereocenters. The summed E-state index contributed by atoms with van der Waals surface area (Å²) < 4.78 is 22.1. The zero-order valence-electron chi connectivity index (χ0n) is 17.6. The van der Waals surface area contributed by atoms with Gasteiger partial charge in [0.05, 0.1) is 20.3 Å². The SMILES string of the molecule is CCOC(=O)COc1c(Br)cc(/C=C2\C(=O)NC(=O)N(c3ccc4c(c3)OCO4)C2=O)cc1I. The number of hydrogen-bond donors (Lipinski definition) is 1. The van der Waals surface area contributed by atoms with E-state index in [-0.39, 0.29) is 31.3 Å². The van der Waals surface area contributed by atoms with Crippen molar-refractivity contribution in [3.05, 3.63) is 49.5 Å². The Balaban J connectivity index is 1.61. The van der Waals surface area contributed by atoms with Crippen LogP contribution in [0.3, 0.4) is 0 Å². The molecule has 1 saturated heterocycles. The van der Waals surface area contributed by atoms with Crippen molar-refractivity contribution in [2.45, 2.75) is 6.92 Å². The first kappa shape index (κ1) is 24.0. The van der Waals surface area contributed by atoms with E-state index in [1.54, 1.807) is 25.1 Å². The maximum Gasteiger partial charge on any atom is 0.344 e. The number of halogens is 2. The number of nitrogens with one attached hydrogen (secondary N) is 1. The van der Waals surface area contributed by atoms with Crippen LogP contribution in [0.4, 0.5) is 10.5 Å². The van der Waals surface area contributed by atoms with Gasteiger partial charge in [0.2, 0.25) is 6.79 Å². The predicted molar refractivity (Wildman–Crippen MR) is 131 cm³/mol. The van der Waals surface area contributed by atoms with E-state index in [1.165, 1.54) is 18.2 Å². The molecule has 0 unspecified atom stereocenters. The number of rotatable bonds is 6. The van der Waals surface area contributed by atoms with Crippen LogP contribution in [0.1, 0.15) is 12.5 Å². The first-order valence-electron chi connectivity index (χ1n) is 9.87. The summed E-state index contributed by atoms with van der Waals surface area (Å²) in [7, 11) is 0. The van der Waals surface area contributed by atoms with Gasteiger partial charge in [0, 0.05) is 6.07 Å². The number of esters is 1. The predicted octanol–water partition coefficient (Wildman–Crippen LogP) is 3.39. The number of ether oxygens (including phenoxy) is 4. The molecule has 10 nitrogen and oxygen atoms in total. The molecule has 4 rings (SSSR count). The highest BCUT2D eigenvalue weighted by atomic mass is 127. The van der Waals surface area contributed by atoms with Crippen molar-refractivity contribution in [2.24, 2.45) is 0 Å². The fourth-order valence-corrected chi connectivity index (χ4v) is 4.99. The number of hydrogen-bond acceptors (Lipinski definition) is 8. The molecule has 2 aliphatic rings. The molecule has 1 fully saturated rings. The van der Waals surface area contributed by atoms with E-state index in [4.69, 9.17) is 18.9 Å². The highest BCUT2D eigenvalue weighted by molar-refractivity contribution is 14.1. The number of barbiturate groups is 1. The van der Waals surface area contributed by atoms with Crippen LogP contribution in [-0.2, 0) is 19.1 Å². The van der Waals surface area contributed by atoms with Gasteiger partial charge in [0.1, 0.15) is 11.3 Å². The molecule has 0 aliphatic carbocycles. The fraction of sp³-hybridized carbons (Fsp3) is 0.182. The number of carbonyl (C=O) groups is 4. The van der Waals surface area contributed by atoms with Gasteiger partial charge in [-0.2, -0.15) is 0 Å². The lowest BCUT2D eigenvalue weighted by Gasteiger charge is -2.26. The Morgan fingerprint density at radius 3 is 2.71 bits per heavy atom. The first-order valence-corrected chi connectivity index (χ1v) is 11.7. The summed E-state index contributed by atoms with van der Waals surface area (Å²) in [5.74, 6) is -0.828. The van der Waals surface area contributed by atoms with Gasteiger partial charge in [0.15, 0.2) is 18.1 Å². The number of amides is 4. The number of fused-ring (bicyclic) bond motifs is 1. The van der Waals surface area contributed by atoms with Crippen molar-refractivity contribution in [1.29, 1.82) is 0 Å². The van der Waals surface area contributed by atoms with E-state index < -0.39 is 23.8 Å². The molecule has 34 heavy (non-hydrogen) atoms. The van der Waals surface area contributed by atoms with Gasteiger partial charge in [-0.05, 0) is 81.3 Å². The van der Waals surface area contributed by atoms with Crippen LogP contribution < -0.4 is 24.4 Å². The minimum atomic E-state index is -0.871. The summed E-state index contributed by atoms with van der Waals surface area (Å²) in [6.45, 7) is 1.71. The van der Waals surface area contributed by atoms with Gasteiger partial charge >= 0.3 is 12.0 Å². The van der Waals surface area contributed by atoms with Gasteiger partial charge in [-0.3, -0.25) is 14.9 Å². The average Bonchev–Trinajstić information content (AvgIpc) is 3.24. The smallest absolute Gasteiger partial charge is 0.344 e. The molecular weight excluding hydrogens is 627 g/mol. The number of carbonyl (C=O) groups excluding carboxylic acids is 4. The van der Waals surface area contributed by atoms with Gasteiger partial charge in [0.25, 0.3) is 11.8 Å². The van der Waals surface area contributed by atoms with Crippen molar-refractivity contribution in [3.63, 3.8) is 0 Å². The van der Waals surface area contributed by atoms with Crippen LogP contribution in [0, 0.1) is 3.57 Å². The van der Waals surface area contributed by atoms with Gasteiger partial charge in [-0.15, -0.1) is 0 Å². The van der Waals surface area contributed by atoms with Crippen molar-refractivity contribution in [2.75, 3.05) is 24.9 Å². The largest absolute Gasteiger partial charge is 0.480 e. The van der Waals surface area contributed by atoms with E-state index in [9.17, 15) is 19.2 Å². The summed E-state index contributed by atoms with van der Waals surface area (Å²) >= 11 is 5.39. The molecule has 2 aromatic carbocycles. The highest BCUT2D eigenvalue weighted by Gasteiger charge is 2.37. The summed E-state index contributed by atoms with van der Waals surface area (Å²) in [6.07, 6.45) is 1.37. The third kappa shape index (κ3) is 4.87. The lowest BCUT2D eigenvalue weighted by Crippen LogP contribution is -2.54. The van der Waals surface area contributed by atoms with E-state index in [0.717, 1.165) is 4.90 Å². The number of nitrogens with zero attached hydrogens (tertiary/aromatic N) is 1. The van der Waals surface area contributed by atoms with Crippen molar-refractivity contribution in [3.8, 4) is 17.2 Å². The average molecular weight is 643 g/mol. The number of imide groups is 2. The minimum Gasteiger partial charge on any atom is -0.480 e. The van der Waals surface area contributed by atoms with Crippen molar-refractivity contribution in [1.82, 2.24) is 5.32 Å².